The fourth-order valence-corrected chi connectivity index (χ4v) is 2.72. The second kappa shape index (κ2) is 22.2. The van der Waals surface area contributed by atoms with E-state index in [1.807, 2.05) is 18.7 Å². The van der Waals surface area contributed by atoms with Crippen LogP contribution in [0.15, 0.2) is 0 Å². The van der Waals surface area contributed by atoms with Crippen molar-refractivity contribution in [3.05, 3.63) is 6.04 Å². The molecule has 174 valence electrons. The average Bonchev–Trinajstić information content (AvgIpc) is 2.64. The molecule has 1 fully saturated rings. The molecule has 1 saturated heterocycles. The Morgan fingerprint density at radius 1 is 1.10 bits per heavy atom. The van der Waals surface area contributed by atoms with Crippen LogP contribution in [-0.2, 0) is 30.7 Å². The second-order valence-electron chi connectivity index (χ2n) is 7.52. The van der Waals surface area contributed by atoms with Crippen LogP contribution in [0.3, 0.4) is 0 Å². The van der Waals surface area contributed by atoms with E-state index >= 15 is 0 Å². The third-order valence-electron chi connectivity index (χ3n) is 4.36. The molecule has 1 aliphatic heterocycles. The van der Waals surface area contributed by atoms with Gasteiger partial charge in [-0.05, 0) is 19.4 Å². The first-order valence-corrected chi connectivity index (χ1v) is 11.0. The van der Waals surface area contributed by atoms with Gasteiger partial charge in [0.1, 0.15) is 0 Å². The molecule has 1 rings (SSSR count). The normalized spacial score (nSPS) is 13.7. The van der Waals surface area contributed by atoms with Crippen molar-refractivity contribution in [1.29, 1.82) is 0 Å². The zero-order valence-electron chi connectivity index (χ0n) is 19.9. The summed E-state index contributed by atoms with van der Waals surface area (Å²) >= 11 is 0. The average molecular weight is 584 g/mol. The number of aliphatic hydroxyl groups is 1. The van der Waals surface area contributed by atoms with Gasteiger partial charge in [0.25, 0.3) is 0 Å². The summed E-state index contributed by atoms with van der Waals surface area (Å²) < 4.78 is 0. The van der Waals surface area contributed by atoms with Crippen molar-refractivity contribution < 1.29 is 35.8 Å². The largest absolute Gasteiger partial charge is 0.503 e. The van der Waals surface area contributed by atoms with Crippen LogP contribution in [0.5, 0.6) is 0 Å². The number of hydrogen-bond donors (Lipinski definition) is 2. The number of carbonyl (C=O) groups excluding carboxylic acids is 2. The van der Waals surface area contributed by atoms with Crippen LogP contribution >= 0.6 is 0 Å². The van der Waals surface area contributed by atoms with Gasteiger partial charge in [0.2, 0.25) is 5.91 Å². The van der Waals surface area contributed by atoms with E-state index in [0.29, 0.717) is 25.7 Å². The van der Waals surface area contributed by atoms with Crippen LogP contribution in [0.25, 0.3) is 0 Å². The van der Waals surface area contributed by atoms with Crippen LogP contribution in [0.2, 0.25) is 0 Å². The Balaban J connectivity index is -0.000000644. The van der Waals surface area contributed by atoms with Crippen molar-refractivity contribution in [3.63, 3.8) is 0 Å². The third-order valence-corrected chi connectivity index (χ3v) is 4.36. The summed E-state index contributed by atoms with van der Waals surface area (Å²) in [6.45, 7) is 15.9. The monoisotopic (exact) mass is 584 g/mol. The molecule has 0 aromatic carbocycles. The molecule has 0 atom stereocenters. The van der Waals surface area contributed by atoms with Crippen LogP contribution in [-0.4, -0.2) is 66.6 Å². The van der Waals surface area contributed by atoms with Gasteiger partial charge in [0, 0.05) is 66.7 Å². The SMILES string of the molecule is CC.CCCC(C)C.C[C-](CCO)NC(=O)CCCC(=O)N1CCN(C)CC1.[W]. The molecule has 0 aromatic heterocycles. The molecule has 0 unspecified atom stereocenters. The maximum absolute atomic E-state index is 11.9. The number of piperazine rings is 1. The van der Waals surface area contributed by atoms with Crippen LogP contribution in [0.4, 0.5) is 0 Å². The van der Waals surface area contributed by atoms with E-state index in [-0.39, 0.29) is 39.5 Å². The molecular weight excluding hydrogens is 538 g/mol. The Hall–Kier alpha value is -0.452. The van der Waals surface area contributed by atoms with Gasteiger partial charge in [0.05, 0.1) is 0 Å². The van der Waals surface area contributed by atoms with Gasteiger partial charge in [-0.1, -0.05) is 47.5 Å². The molecule has 0 saturated carbocycles. The summed E-state index contributed by atoms with van der Waals surface area (Å²) in [5.74, 6) is 0.957. The molecule has 6 nitrogen and oxygen atoms in total. The summed E-state index contributed by atoms with van der Waals surface area (Å²) in [6.07, 6.45) is 4.53. The number of amides is 2. The van der Waals surface area contributed by atoms with E-state index in [1.54, 1.807) is 6.92 Å². The smallest absolute Gasteiger partial charge is 0.222 e. The minimum atomic E-state index is -0.0814. The van der Waals surface area contributed by atoms with Gasteiger partial charge in [0.15, 0.2) is 5.91 Å². The van der Waals surface area contributed by atoms with Gasteiger partial charge in [-0.25, -0.2) is 6.04 Å². The van der Waals surface area contributed by atoms with Crippen LogP contribution in [0, 0.1) is 12.0 Å². The second-order valence-corrected chi connectivity index (χ2v) is 7.52. The zero-order chi connectivity index (χ0) is 21.9. The van der Waals surface area contributed by atoms with E-state index < -0.39 is 0 Å². The molecular formula is C22H46N3O3W-. The molecule has 0 aliphatic carbocycles. The molecule has 1 heterocycles. The van der Waals surface area contributed by atoms with Crippen molar-refractivity contribution in [2.45, 2.75) is 80.1 Å². The van der Waals surface area contributed by atoms with Crippen molar-refractivity contribution in [2.24, 2.45) is 5.92 Å². The molecule has 1 aliphatic rings. The number of likely N-dealkylation sites (N-methyl/N-ethyl adjacent to an activating group) is 1. The Labute approximate surface area is 194 Å². The van der Waals surface area contributed by atoms with E-state index in [1.165, 1.54) is 12.8 Å². The van der Waals surface area contributed by atoms with Crippen LogP contribution in [0.1, 0.15) is 80.1 Å². The number of aliphatic hydroxyl groups excluding tert-OH is 1. The summed E-state index contributed by atoms with van der Waals surface area (Å²) in [7, 11) is 2.05. The van der Waals surface area contributed by atoms with E-state index in [9.17, 15) is 9.59 Å². The third kappa shape index (κ3) is 20.6. The fourth-order valence-electron chi connectivity index (χ4n) is 2.72. The first kappa shape index (κ1) is 33.2. The molecule has 7 heteroatoms. The fraction of sp³-hybridized carbons (Fsp3) is 0.864. The molecule has 0 bridgehead atoms. The minimum Gasteiger partial charge on any atom is -0.503 e. The first-order chi connectivity index (χ1) is 13.3. The van der Waals surface area contributed by atoms with Gasteiger partial charge >= 0.3 is 0 Å². The molecule has 29 heavy (non-hydrogen) atoms. The molecule has 0 aromatic rings. The van der Waals surface area contributed by atoms with Gasteiger partial charge in [-0.3, -0.25) is 9.59 Å². The number of carbonyl (C=O) groups is 2. The standard InChI is InChI=1S/C14H26N3O3.C6H14.C2H6.W/c1-12(6-11-18)15-13(19)4-3-5-14(20)17-9-7-16(2)8-10-17;1-4-5-6(2)3;1-2;/h18H,3-11H2,1-2H3,(H,15,19);6H,4-5H2,1-3H3;1-2H3;/q-1;;;. The van der Waals surface area contributed by atoms with Gasteiger partial charge < -0.3 is 20.2 Å². The van der Waals surface area contributed by atoms with E-state index in [4.69, 9.17) is 5.11 Å². The van der Waals surface area contributed by atoms with Crippen molar-refractivity contribution in [3.8, 4) is 0 Å². The Morgan fingerprint density at radius 2 is 1.66 bits per heavy atom. The summed E-state index contributed by atoms with van der Waals surface area (Å²) in [5.41, 5.74) is 0. The number of hydrogen-bond acceptors (Lipinski definition) is 4. The van der Waals surface area contributed by atoms with Gasteiger partial charge in [-0.15, -0.1) is 6.42 Å². The minimum absolute atomic E-state index is 0. The van der Waals surface area contributed by atoms with E-state index in [2.05, 4.69) is 38.0 Å². The maximum atomic E-state index is 11.9. The molecule has 2 amide bonds. The van der Waals surface area contributed by atoms with Gasteiger partial charge in [-0.2, -0.15) is 6.92 Å². The molecule has 0 spiro atoms. The summed E-state index contributed by atoms with van der Waals surface area (Å²) in [4.78, 5) is 27.6. The Morgan fingerprint density at radius 3 is 2.07 bits per heavy atom. The zero-order valence-corrected chi connectivity index (χ0v) is 22.9. The van der Waals surface area contributed by atoms with E-state index in [0.717, 1.165) is 38.1 Å². The predicted molar refractivity (Wildman–Crippen MR) is 118 cm³/mol. The number of rotatable bonds is 9. The van der Waals surface area contributed by atoms with Crippen molar-refractivity contribution in [1.82, 2.24) is 15.1 Å². The summed E-state index contributed by atoms with van der Waals surface area (Å²) in [5, 5.41) is 11.5. The molecule has 2 N–H and O–H groups in total. The maximum Gasteiger partial charge on any atom is 0.222 e. The summed E-state index contributed by atoms with van der Waals surface area (Å²) in [6, 6.07) is 0.767. The topological polar surface area (TPSA) is 72.9 Å². The number of nitrogens with one attached hydrogen (secondary N) is 1. The molecule has 0 radical (unpaired) electrons. The van der Waals surface area contributed by atoms with Crippen LogP contribution < -0.4 is 5.32 Å². The van der Waals surface area contributed by atoms with Crippen molar-refractivity contribution >= 4 is 11.8 Å². The Kier molecular flexibility index (Phi) is 25.5. The predicted octanol–water partition coefficient (Wildman–Crippen LogP) is 3.45. The first-order valence-electron chi connectivity index (χ1n) is 11.0. The Bertz CT molecular complexity index is 387. The quantitative estimate of drug-likeness (QED) is 0.408. The van der Waals surface area contributed by atoms with Crippen molar-refractivity contribution in [2.75, 3.05) is 39.8 Å². The number of nitrogens with zero attached hydrogens (tertiary/aromatic N) is 2.